The molecule has 1 rings (SSSR count). The lowest BCUT2D eigenvalue weighted by Gasteiger charge is -2.37. The van der Waals surface area contributed by atoms with E-state index in [4.69, 9.17) is 0 Å². The van der Waals surface area contributed by atoms with Gasteiger partial charge in [-0.15, -0.1) is 0 Å². The third-order valence-electron chi connectivity index (χ3n) is 4.11. The summed E-state index contributed by atoms with van der Waals surface area (Å²) in [6, 6.07) is 2.17. The summed E-state index contributed by atoms with van der Waals surface area (Å²) in [5.41, 5.74) is 0. The largest absolute Gasteiger partial charge is 0.313 e. The van der Waals surface area contributed by atoms with Crippen LogP contribution >= 0.6 is 0 Å². The van der Waals surface area contributed by atoms with E-state index in [0.29, 0.717) is 6.04 Å². The first-order chi connectivity index (χ1) is 8.15. The van der Waals surface area contributed by atoms with Crippen molar-refractivity contribution in [1.82, 2.24) is 10.2 Å². The number of hydrogen-bond donors (Lipinski definition) is 1. The molecule has 0 aliphatic heterocycles. The number of likely N-dealkylation sites (N-methyl/N-ethyl adjacent to an activating group) is 1. The van der Waals surface area contributed by atoms with Gasteiger partial charge in [-0.3, -0.25) is 4.90 Å². The Hall–Kier alpha value is -0.0800. The highest BCUT2D eigenvalue weighted by atomic mass is 15.2. The highest BCUT2D eigenvalue weighted by Gasteiger charge is 2.23. The lowest BCUT2D eigenvalue weighted by atomic mass is 9.93. The molecule has 1 fully saturated rings. The summed E-state index contributed by atoms with van der Waals surface area (Å²) in [6.07, 6.45) is 9.77. The fraction of sp³-hybridized carbons (Fsp3) is 1.00. The Balaban J connectivity index is 2.42. The Morgan fingerprint density at radius 2 is 1.82 bits per heavy atom. The number of hydrogen-bond acceptors (Lipinski definition) is 2. The average Bonchev–Trinajstić information content (AvgIpc) is 2.34. The highest BCUT2D eigenvalue weighted by molar-refractivity contribution is 4.80. The molecule has 102 valence electrons. The van der Waals surface area contributed by atoms with Crippen LogP contribution in [0.15, 0.2) is 0 Å². The van der Waals surface area contributed by atoms with Crippen LogP contribution in [0.2, 0.25) is 0 Å². The molecule has 0 bridgehead atoms. The van der Waals surface area contributed by atoms with E-state index in [2.05, 4.69) is 38.0 Å². The molecular weight excluding hydrogens is 208 g/mol. The maximum Gasteiger partial charge on any atom is 0.0220 e. The van der Waals surface area contributed by atoms with Crippen LogP contribution in [0.3, 0.4) is 0 Å². The van der Waals surface area contributed by atoms with Gasteiger partial charge in [-0.25, -0.2) is 0 Å². The monoisotopic (exact) mass is 240 g/mol. The van der Waals surface area contributed by atoms with Crippen molar-refractivity contribution in [3.8, 4) is 0 Å². The molecule has 0 saturated heterocycles. The van der Waals surface area contributed by atoms with E-state index < -0.39 is 0 Å². The van der Waals surface area contributed by atoms with Crippen molar-refractivity contribution in [3.05, 3.63) is 0 Å². The molecule has 0 heterocycles. The minimum atomic E-state index is 0.606. The molecule has 1 N–H and O–H groups in total. The van der Waals surface area contributed by atoms with Gasteiger partial charge in [0.05, 0.1) is 0 Å². The van der Waals surface area contributed by atoms with Crippen LogP contribution < -0.4 is 5.32 Å². The topological polar surface area (TPSA) is 15.3 Å². The molecule has 1 atom stereocenters. The van der Waals surface area contributed by atoms with E-state index in [1.807, 2.05) is 0 Å². The lowest BCUT2D eigenvalue weighted by Crippen LogP contribution is -2.47. The van der Waals surface area contributed by atoms with Crippen molar-refractivity contribution in [3.63, 3.8) is 0 Å². The predicted molar refractivity (Wildman–Crippen MR) is 76.5 cm³/mol. The fourth-order valence-electron chi connectivity index (χ4n) is 2.94. The molecular formula is C15H32N2. The van der Waals surface area contributed by atoms with E-state index in [-0.39, 0.29) is 0 Å². The van der Waals surface area contributed by atoms with Crippen molar-refractivity contribution in [2.45, 2.75) is 83.8 Å². The second-order valence-corrected chi connectivity index (χ2v) is 5.96. The molecule has 0 amide bonds. The van der Waals surface area contributed by atoms with E-state index in [1.165, 1.54) is 44.9 Å². The maximum absolute atomic E-state index is 3.61. The Morgan fingerprint density at radius 3 is 2.35 bits per heavy atom. The Morgan fingerprint density at radius 1 is 1.18 bits per heavy atom. The van der Waals surface area contributed by atoms with Gasteiger partial charge in [-0.2, -0.15) is 0 Å². The smallest absolute Gasteiger partial charge is 0.0220 e. The fourth-order valence-corrected chi connectivity index (χ4v) is 2.94. The van der Waals surface area contributed by atoms with Crippen LogP contribution in [0.25, 0.3) is 0 Å². The summed E-state index contributed by atoms with van der Waals surface area (Å²) in [5.74, 6) is 0. The van der Waals surface area contributed by atoms with Crippen molar-refractivity contribution < 1.29 is 0 Å². The number of nitrogens with zero attached hydrogens (tertiary/aromatic N) is 1. The first-order valence-corrected chi connectivity index (χ1v) is 7.60. The van der Waals surface area contributed by atoms with Crippen molar-refractivity contribution >= 4 is 0 Å². The van der Waals surface area contributed by atoms with Gasteiger partial charge in [0.25, 0.3) is 0 Å². The summed E-state index contributed by atoms with van der Waals surface area (Å²) in [6.45, 7) is 7.93. The summed E-state index contributed by atoms with van der Waals surface area (Å²) in [5, 5.41) is 3.61. The van der Waals surface area contributed by atoms with Gasteiger partial charge in [0.1, 0.15) is 0 Å². The quantitative estimate of drug-likeness (QED) is 0.733. The minimum Gasteiger partial charge on any atom is -0.313 e. The lowest BCUT2D eigenvalue weighted by molar-refractivity contribution is 0.127. The van der Waals surface area contributed by atoms with Gasteiger partial charge in [0.2, 0.25) is 0 Å². The molecule has 1 saturated carbocycles. The third-order valence-corrected chi connectivity index (χ3v) is 4.11. The normalized spacial score (nSPS) is 20.1. The van der Waals surface area contributed by atoms with Crippen LogP contribution in [-0.4, -0.2) is 36.6 Å². The number of rotatable bonds is 7. The van der Waals surface area contributed by atoms with Gasteiger partial charge in [0.15, 0.2) is 0 Å². The predicted octanol–water partition coefficient (Wildman–Crippen LogP) is 3.42. The molecule has 0 aromatic heterocycles. The Bertz CT molecular complexity index is 185. The Labute approximate surface area is 108 Å². The van der Waals surface area contributed by atoms with Crippen LogP contribution in [0, 0.1) is 0 Å². The molecule has 17 heavy (non-hydrogen) atoms. The zero-order valence-electron chi connectivity index (χ0n) is 12.3. The summed E-state index contributed by atoms with van der Waals surface area (Å²) in [7, 11) is 2.35. The van der Waals surface area contributed by atoms with Gasteiger partial charge in [0, 0.05) is 24.7 Å². The molecule has 1 unspecified atom stereocenters. The first kappa shape index (κ1) is 15.0. The van der Waals surface area contributed by atoms with Gasteiger partial charge in [-0.1, -0.05) is 46.5 Å². The van der Waals surface area contributed by atoms with Gasteiger partial charge in [-0.05, 0) is 26.3 Å². The molecule has 0 aromatic carbocycles. The Kier molecular flexibility index (Phi) is 7.14. The second-order valence-electron chi connectivity index (χ2n) is 5.96. The standard InChI is InChI=1S/C15H32N2/c1-5-9-15(12-16-13(2)3)17(4)14-10-7-6-8-11-14/h13-16H,5-12H2,1-4H3. The summed E-state index contributed by atoms with van der Waals surface area (Å²) < 4.78 is 0. The van der Waals surface area contributed by atoms with E-state index in [0.717, 1.165) is 18.6 Å². The SMILES string of the molecule is CCCC(CNC(C)C)N(C)C1CCCCC1. The van der Waals surface area contributed by atoms with Crippen LogP contribution in [0.1, 0.15) is 65.7 Å². The van der Waals surface area contributed by atoms with Crippen LogP contribution in [0.5, 0.6) is 0 Å². The third kappa shape index (κ3) is 5.39. The van der Waals surface area contributed by atoms with E-state index in [1.54, 1.807) is 0 Å². The van der Waals surface area contributed by atoms with Crippen molar-refractivity contribution in [2.75, 3.05) is 13.6 Å². The molecule has 0 spiro atoms. The van der Waals surface area contributed by atoms with E-state index >= 15 is 0 Å². The number of nitrogens with one attached hydrogen (secondary N) is 1. The minimum absolute atomic E-state index is 0.606. The van der Waals surface area contributed by atoms with Crippen LogP contribution in [0.4, 0.5) is 0 Å². The molecule has 2 nitrogen and oxygen atoms in total. The molecule has 1 aliphatic carbocycles. The zero-order chi connectivity index (χ0) is 12.7. The molecule has 0 radical (unpaired) electrons. The van der Waals surface area contributed by atoms with E-state index in [9.17, 15) is 0 Å². The van der Waals surface area contributed by atoms with Gasteiger partial charge >= 0.3 is 0 Å². The van der Waals surface area contributed by atoms with Gasteiger partial charge < -0.3 is 5.32 Å². The molecule has 2 heteroatoms. The maximum atomic E-state index is 3.61. The highest BCUT2D eigenvalue weighted by Crippen LogP contribution is 2.24. The molecule has 0 aromatic rings. The average molecular weight is 240 g/mol. The van der Waals surface area contributed by atoms with Crippen molar-refractivity contribution in [2.24, 2.45) is 0 Å². The second kappa shape index (κ2) is 8.10. The summed E-state index contributed by atoms with van der Waals surface area (Å²) in [4.78, 5) is 2.66. The van der Waals surface area contributed by atoms with Crippen molar-refractivity contribution in [1.29, 1.82) is 0 Å². The molecule has 1 aliphatic rings. The first-order valence-electron chi connectivity index (χ1n) is 7.60. The summed E-state index contributed by atoms with van der Waals surface area (Å²) >= 11 is 0. The van der Waals surface area contributed by atoms with Crippen LogP contribution in [-0.2, 0) is 0 Å². The zero-order valence-corrected chi connectivity index (χ0v) is 12.3.